The van der Waals surface area contributed by atoms with Crippen molar-refractivity contribution in [3.8, 4) is 11.8 Å². The Labute approximate surface area is 159 Å². The maximum Gasteiger partial charge on any atom is 0.267 e. The minimum absolute atomic E-state index is 0.0233. The molecule has 1 heterocycles. The lowest BCUT2D eigenvalue weighted by Gasteiger charge is -2.31. The van der Waals surface area contributed by atoms with Gasteiger partial charge in [0.15, 0.2) is 0 Å². The van der Waals surface area contributed by atoms with E-state index in [2.05, 4.69) is 29.6 Å². The van der Waals surface area contributed by atoms with Crippen LogP contribution < -0.4 is 5.32 Å². The fourth-order valence-corrected chi connectivity index (χ4v) is 3.32. The summed E-state index contributed by atoms with van der Waals surface area (Å²) in [5.74, 6) is 0.0907. The second-order valence-corrected chi connectivity index (χ2v) is 6.79. The van der Waals surface area contributed by atoms with Crippen LogP contribution in [0.25, 0.3) is 0 Å². The predicted molar refractivity (Wildman–Crippen MR) is 105 cm³/mol. The van der Waals surface area contributed by atoms with Crippen LogP contribution in [0.2, 0.25) is 0 Å². The molecular formula is C22H23N3O2. The van der Waals surface area contributed by atoms with Crippen molar-refractivity contribution in [2.75, 3.05) is 18.4 Å². The molecule has 0 spiro atoms. The number of para-hydroxylation sites is 2. The molecule has 3 rings (SSSR count). The SMILES string of the molecule is N#C/C(=C/N1CCC(Cc2ccccc2)CC1)C(=O)Nc1ccccc1O. The zero-order valence-corrected chi connectivity index (χ0v) is 15.1. The molecule has 1 fully saturated rings. The average molecular weight is 361 g/mol. The van der Waals surface area contributed by atoms with E-state index in [-0.39, 0.29) is 11.3 Å². The number of phenols is 1. The lowest BCUT2D eigenvalue weighted by atomic mass is 9.90. The molecule has 0 bridgehead atoms. The molecule has 1 saturated heterocycles. The second kappa shape index (κ2) is 8.91. The zero-order chi connectivity index (χ0) is 19.1. The Morgan fingerprint density at radius 1 is 1.15 bits per heavy atom. The predicted octanol–water partition coefficient (Wildman–Crippen LogP) is 3.69. The van der Waals surface area contributed by atoms with E-state index in [1.54, 1.807) is 24.4 Å². The molecule has 5 heteroatoms. The average Bonchev–Trinajstić information content (AvgIpc) is 2.70. The van der Waals surface area contributed by atoms with Gasteiger partial charge < -0.3 is 15.3 Å². The lowest BCUT2D eigenvalue weighted by molar-refractivity contribution is -0.112. The smallest absolute Gasteiger partial charge is 0.267 e. The molecule has 1 aliphatic heterocycles. The molecule has 1 aliphatic rings. The van der Waals surface area contributed by atoms with E-state index in [1.807, 2.05) is 17.0 Å². The molecule has 27 heavy (non-hydrogen) atoms. The third kappa shape index (κ3) is 5.11. The van der Waals surface area contributed by atoms with Crippen LogP contribution in [0.4, 0.5) is 5.69 Å². The normalized spacial score (nSPS) is 15.2. The van der Waals surface area contributed by atoms with E-state index in [0.717, 1.165) is 32.4 Å². The highest BCUT2D eigenvalue weighted by atomic mass is 16.3. The van der Waals surface area contributed by atoms with E-state index in [1.165, 1.54) is 11.6 Å². The summed E-state index contributed by atoms with van der Waals surface area (Å²) in [5, 5.41) is 21.7. The summed E-state index contributed by atoms with van der Waals surface area (Å²) < 4.78 is 0. The highest BCUT2D eigenvalue weighted by Crippen LogP contribution is 2.24. The summed E-state index contributed by atoms with van der Waals surface area (Å²) in [6, 6.07) is 18.9. The van der Waals surface area contributed by atoms with Crippen molar-refractivity contribution in [2.45, 2.75) is 19.3 Å². The number of carbonyl (C=O) groups excluding carboxylic acids is 1. The first-order valence-electron chi connectivity index (χ1n) is 9.15. The van der Waals surface area contributed by atoms with Gasteiger partial charge in [-0.05, 0) is 42.9 Å². The summed E-state index contributed by atoms with van der Waals surface area (Å²) >= 11 is 0. The van der Waals surface area contributed by atoms with Gasteiger partial charge in [-0.25, -0.2) is 0 Å². The number of nitrogens with one attached hydrogen (secondary N) is 1. The van der Waals surface area contributed by atoms with Crippen LogP contribution in [0.15, 0.2) is 66.4 Å². The molecule has 0 aliphatic carbocycles. The number of hydrogen-bond donors (Lipinski definition) is 2. The van der Waals surface area contributed by atoms with Gasteiger partial charge >= 0.3 is 0 Å². The summed E-state index contributed by atoms with van der Waals surface area (Å²) in [7, 11) is 0. The Kier molecular flexibility index (Phi) is 6.11. The first-order chi connectivity index (χ1) is 13.2. The van der Waals surface area contributed by atoms with E-state index in [0.29, 0.717) is 11.6 Å². The topological polar surface area (TPSA) is 76.4 Å². The molecule has 2 aromatic carbocycles. The van der Waals surface area contributed by atoms with Crippen LogP contribution in [0.1, 0.15) is 18.4 Å². The van der Waals surface area contributed by atoms with Gasteiger partial charge in [0, 0.05) is 19.3 Å². The number of phenolic OH excluding ortho intramolecular Hbond substituents is 1. The van der Waals surface area contributed by atoms with Crippen molar-refractivity contribution >= 4 is 11.6 Å². The standard InChI is InChI=1S/C22H23N3O2/c23-15-19(22(27)24-20-8-4-5-9-21(20)26)16-25-12-10-18(11-13-25)14-17-6-2-1-3-7-17/h1-9,16,18,26H,10-14H2,(H,24,27)/b19-16-. The van der Waals surface area contributed by atoms with E-state index >= 15 is 0 Å². The molecule has 2 aromatic rings. The van der Waals surface area contributed by atoms with Crippen molar-refractivity contribution in [1.29, 1.82) is 5.26 Å². The first-order valence-corrected chi connectivity index (χ1v) is 9.15. The molecule has 1 amide bonds. The van der Waals surface area contributed by atoms with Gasteiger partial charge in [-0.15, -0.1) is 0 Å². The number of rotatable bonds is 5. The van der Waals surface area contributed by atoms with Gasteiger partial charge in [-0.3, -0.25) is 4.79 Å². The highest BCUT2D eigenvalue weighted by Gasteiger charge is 2.20. The molecule has 0 radical (unpaired) electrons. The molecule has 0 aromatic heterocycles. The van der Waals surface area contributed by atoms with Gasteiger partial charge in [-0.2, -0.15) is 5.26 Å². The molecule has 5 nitrogen and oxygen atoms in total. The number of amides is 1. The quantitative estimate of drug-likeness (QED) is 0.484. The molecule has 0 unspecified atom stereocenters. The number of piperidine rings is 1. The number of likely N-dealkylation sites (tertiary alicyclic amines) is 1. The second-order valence-electron chi connectivity index (χ2n) is 6.79. The monoisotopic (exact) mass is 361 g/mol. The van der Waals surface area contributed by atoms with Crippen LogP contribution in [0.5, 0.6) is 5.75 Å². The fraction of sp³-hybridized carbons (Fsp3) is 0.273. The largest absolute Gasteiger partial charge is 0.506 e. The van der Waals surface area contributed by atoms with Crippen molar-refractivity contribution in [3.63, 3.8) is 0 Å². The van der Waals surface area contributed by atoms with Gasteiger partial charge in [0.25, 0.3) is 5.91 Å². The van der Waals surface area contributed by atoms with Crippen LogP contribution in [0.3, 0.4) is 0 Å². The molecule has 0 atom stereocenters. The maximum absolute atomic E-state index is 12.3. The van der Waals surface area contributed by atoms with Crippen LogP contribution in [0, 0.1) is 17.2 Å². The Bertz CT molecular complexity index is 847. The van der Waals surface area contributed by atoms with Crippen LogP contribution >= 0.6 is 0 Å². The minimum atomic E-state index is -0.509. The van der Waals surface area contributed by atoms with Crippen LogP contribution in [-0.4, -0.2) is 29.0 Å². The Morgan fingerprint density at radius 2 is 1.81 bits per heavy atom. The molecule has 2 N–H and O–H groups in total. The summed E-state index contributed by atoms with van der Waals surface area (Å²) in [5.41, 5.74) is 1.69. The minimum Gasteiger partial charge on any atom is -0.506 e. The number of hydrogen-bond acceptors (Lipinski definition) is 4. The van der Waals surface area contributed by atoms with Crippen molar-refractivity contribution < 1.29 is 9.90 Å². The van der Waals surface area contributed by atoms with E-state index in [4.69, 9.17) is 0 Å². The fourth-order valence-electron chi connectivity index (χ4n) is 3.32. The summed E-state index contributed by atoms with van der Waals surface area (Å²) in [6.45, 7) is 1.65. The Morgan fingerprint density at radius 3 is 2.48 bits per heavy atom. The number of anilines is 1. The first kappa shape index (κ1) is 18.5. The number of nitrogens with zero attached hydrogens (tertiary/aromatic N) is 2. The number of benzene rings is 2. The zero-order valence-electron chi connectivity index (χ0n) is 15.1. The van der Waals surface area contributed by atoms with Crippen molar-refractivity contribution in [1.82, 2.24) is 4.90 Å². The Balaban J connectivity index is 1.56. The van der Waals surface area contributed by atoms with Gasteiger partial charge in [0.05, 0.1) is 5.69 Å². The summed E-state index contributed by atoms with van der Waals surface area (Å²) in [6.07, 6.45) is 4.77. The highest BCUT2D eigenvalue weighted by molar-refractivity contribution is 6.07. The molecule has 0 saturated carbocycles. The number of nitriles is 1. The maximum atomic E-state index is 12.3. The molecular weight excluding hydrogens is 338 g/mol. The Hall–Kier alpha value is -3.26. The number of carbonyl (C=O) groups is 1. The molecule has 138 valence electrons. The lowest BCUT2D eigenvalue weighted by Crippen LogP contribution is -2.31. The summed E-state index contributed by atoms with van der Waals surface area (Å²) in [4.78, 5) is 14.4. The van der Waals surface area contributed by atoms with Gasteiger partial charge in [-0.1, -0.05) is 42.5 Å². The van der Waals surface area contributed by atoms with Gasteiger partial charge in [0.2, 0.25) is 0 Å². The van der Waals surface area contributed by atoms with Gasteiger partial charge in [0.1, 0.15) is 17.4 Å². The third-order valence-corrected chi connectivity index (χ3v) is 4.85. The third-order valence-electron chi connectivity index (χ3n) is 4.85. The number of aromatic hydroxyl groups is 1. The van der Waals surface area contributed by atoms with Crippen LogP contribution in [-0.2, 0) is 11.2 Å². The van der Waals surface area contributed by atoms with Crippen molar-refractivity contribution in [3.05, 3.63) is 71.9 Å². The van der Waals surface area contributed by atoms with Crippen molar-refractivity contribution in [2.24, 2.45) is 5.92 Å². The van der Waals surface area contributed by atoms with E-state index < -0.39 is 5.91 Å². The van der Waals surface area contributed by atoms with E-state index in [9.17, 15) is 15.2 Å².